The molecular weight excluding hydrogens is 294 g/mol. The van der Waals surface area contributed by atoms with Gasteiger partial charge in [-0.3, -0.25) is 4.79 Å². The molecule has 0 amide bonds. The van der Waals surface area contributed by atoms with Gasteiger partial charge in [-0.25, -0.2) is 8.42 Å². The summed E-state index contributed by atoms with van der Waals surface area (Å²) >= 11 is 0. The number of carbonyl (C=O) groups is 1. The van der Waals surface area contributed by atoms with Crippen molar-refractivity contribution >= 4 is 16.0 Å². The predicted molar refractivity (Wildman–Crippen MR) is 74.3 cm³/mol. The van der Waals surface area contributed by atoms with E-state index in [-0.39, 0.29) is 22.8 Å². The Balaban J connectivity index is 1.60. The minimum Gasteiger partial charge on any atom is -0.481 e. The summed E-state index contributed by atoms with van der Waals surface area (Å²) in [6, 6.07) is 3.20. The first-order valence-electron chi connectivity index (χ1n) is 7.15. The number of rotatable bonds is 5. The Morgan fingerprint density at radius 3 is 2.62 bits per heavy atom. The maximum Gasteiger partial charge on any atom is 0.303 e. The van der Waals surface area contributed by atoms with Crippen LogP contribution in [0.25, 0.3) is 0 Å². The Bertz CT molecular complexity index is 649. The van der Waals surface area contributed by atoms with Crippen molar-refractivity contribution in [2.45, 2.75) is 37.7 Å². The van der Waals surface area contributed by atoms with E-state index in [0.29, 0.717) is 25.3 Å². The summed E-state index contributed by atoms with van der Waals surface area (Å²) < 4.78 is 31.5. The van der Waals surface area contributed by atoms with Gasteiger partial charge in [0, 0.05) is 25.9 Å². The predicted octanol–water partition coefficient (Wildman–Crippen LogP) is 1.72. The molecule has 1 aromatic rings. The Kier molecular flexibility index (Phi) is 3.37. The molecule has 1 saturated carbocycles. The number of nitrogens with zero attached hydrogens (tertiary/aromatic N) is 1. The molecule has 1 aliphatic heterocycles. The zero-order valence-corrected chi connectivity index (χ0v) is 12.7. The first-order valence-corrected chi connectivity index (χ1v) is 8.59. The zero-order chi connectivity index (χ0) is 15.3. The lowest BCUT2D eigenvalue weighted by atomic mass is 9.58. The lowest BCUT2D eigenvalue weighted by Crippen LogP contribution is -2.63. The van der Waals surface area contributed by atoms with E-state index in [4.69, 9.17) is 9.52 Å². The van der Waals surface area contributed by atoms with Crippen molar-refractivity contribution in [3.05, 3.63) is 17.9 Å². The van der Waals surface area contributed by atoms with Crippen molar-refractivity contribution in [3.8, 4) is 0 Å². The molecule has 21 heavy (non-hydrogen) atoms. The van der Waals surface area contributed by atoms with Crippen LogP contribution in [0.5, 0.6) is 0 Å². The molecule has 2 aliphatic rings. The van der Waals surface area contributed by atoms with Crippen LogP contribution in [-0.4, -0.2) is 36.9 Å². The molecule has 3 rings (SSSR count). The van der Waals surface area contributed by atoms with Gasteiger partial charge in [-0.05, 0) is 36.3 Å². The monoisotopic (exact) mass is 313 g/mol. The van der Waals surface area contributed by atoms with Crippen molar-refractivity contribution in [2.24, 2.45) is 11.3 Å². The number of carboxylic acid groups (broad SMARTS) is 1. The van der Waals surface area contributed by atoms with Gasteiger partial charge in [0.15, 0.2) is 0 Å². The molecule has 0 atom stereocenters. The Hall–Kier alpha value is -1.34. The van der Waals surface area contributed by atoms with Crippen LogP contribution in [0.2, 0.25) is 0 Å². The summed E-state index contributed by atoms with van der Waals surface area (Å²) in [5.74, 6) is 0.0815. The van der Waals surface area contributed by atoms with E-state index in [1.165, 1.54) is 10.4 Å². The lowest BCUT2D eigenvalue weighted by molar-refractivity contribution is -0.142. The van der Waals surface area contributed by atoms with Gasteiger partial charge in [-0.2, -0.15) is 4.31 Å². The van der Waals surface area contributed by atoms with Crippen LogP contribution in [0.4, 0.5) is 0 Å². The van der Waals surface area contributed by atoms with Crippen LogP contribution >= 0.6 is 0 Å². The van der Waals surface area contributed by atoms with Gasteiger partial charge in [-0.1, -0.05) is 6.92 Å². The van der Waals surface area contributed by atoms with E-state index in [1.807, 2.05) is 6.92 Å². The summed E-state index contributed by atoms with van der Waals surface area (Å²) in [6.45, 7) is 2.87. The fraction of sp³-hybridized carbons (Fsp3) is 0.643. The number of hydrogen-bond donors (Lipinski definition) is 1. The van der Waals surface area contributed by atoms with E-state index in [2.05, 4.69) is 0 Å². The molecule has 2 heterocycles. The minimum absolute atomic E-state index is 0.00731. The molecule has 116 valence electrons. The highest BCUT2D eigenvalue weighted by Gasteiger charge is 2.56. The summed E-state index contributed by atoms with van der Waals surface area (Å²) in [7, 11) is -3.53. The smallest absolute Gasteiger partial charge is 0.303 e. The average Bonchev–Trinajstić information content (AvgIpc) is 2.78. The summed E-state index contributed by atoms with van der Waals surface area (Å²) in [5, 5.41) is 8.76. The molecule has 2 fully saturated rings. The summed E-state index contributed by atoms with van der Waals surface area (Å²) in [5.41, 5.74) is 0.00731. The Morgan fingerprint density at radius 1 is 1.43 bits per heavy atom. The van der Waals surface area contributed by atoms with Crippen LogP contribution in [0.15, 0.2) is 21.6 Å². The van der Waals surface area contributed by atoms with Crippen molar-refractivity contribution in [1.29, 1.82) is 0 Å². The highest BCUT2D eigenvalue weighted by molar-refractivity contribution is 7.89. The van der Waals surface area contributed by atoms with Crippen LogP contribution in [0.1, 0.15) is 31.9 Å². The zero-order valence-electron chi connectivity index (χ0n) is 11.9. The van der Waals surface area contributed by atoms with Crippen LogP contribution in [-0.2, 0) is 21.2 Å². The number of hydrogen-bond acceptors (Lipinski definition) is 4. The lowest BCUT2D eigenvalue weighted by Gasteiger charge is -2.57. The number of aliphatic carboxylic acids is 1. The van der Waals surface area contributed by atoms with Gasteiger partial charge >= 0.3 is 5.97 Å². The van der Waals surface area contributed by atoms with E-state index >= 15 is 0 Å². The first-order chi connectivity index (χ1) is 9.84. The SMILES string of the molecule is CCc1ccc(S(=O)(=O)N2CC3(CC(CC(=O)O)C3)C2)o1. The summed E-state index contributed by atoms with van der Waals surface area (Å²) in [6.07, 6.45) is 2.47. The fourth-order valence-corrected chi connectivity index (χ4v) is 5.09. The molecule has 0 unspecified atom stereocenters. The maximum atomic E-state index is 12.4. The third-order valence-electron chi connectivity index (χ3n) is 4.51. The molecule has 1 aliphatic carbocycles. The van der Waals surface area contributed by atoms with Crippen molar-refractivity contribution in [2.75, 3.05) is 13.1 Å². The quantitative estimate of drug-likeness (QED) is 0.894. The van der Waals surface area contributed by atoms with Crippen molar-refractivity contribution < 1.29 is 22.7 Å². The molecule has 1 N–H and O–H groups in total. The molecule has 0 aromatic carbocycles. The normalized spacial score (nSPS) is 22.0. The number of carboxylic acids is 1. The molecule has 6 nitrogen and oxygen atoms in total. The fourth-order valence-electron chi connectivity index (χ4n) is 3.50. The second-order valence-corrected chi connectivity index (χ2v) is 8.09. The highest BCUT2D eigenvalue weighted by atomic mass is 32.2. The van der Waals surface area contributed by atoms with Gasteiger partial charge in [0.25, 0.3) is 10.0 Å². The van der Waals surface area contributed by atoms with Gasteiger partial charge in [-0.15, -0.1) is 0 Å². The van der Waals surface area contributed by atoms with E-state index in [9.17, 15) is 13.2 Å². The third-order valence-corrected chi connectivity index (χ3v) is 6.18. The topological polar surface area (TPSA) is 87.8 Å². The molecular formula is C14H19NO5S. The van der Waals surface area contributed by atoms with Crippen molar-refractivity contribution in [1.82, 2.24) is 4.31 Å². The standard InChI is InChI=1S/C14H19NO5S/c1-2-11-3-4-13(20-11)21(18,19)15-8-14(9-15)6-10(7-14)5-12(16)17/h3-4,10H,2,5-9H2,1H3,(H,16,17). The molecule has 7 heteroatoms. The largest absolute Gasteiger partial charge is 0.481 e. The second-order valence-electron chi connectivity index (χ2n) is 6.22. The van der Waals surface area contributed by atoms with E-state index < -0.39 is 16.0 Å². The number of aryl methyl sites for hydroxylation is 1. The number of furan rings is 1. The molecule has 1 aromatic heterocycles. The average molecular weight is 313 g/mol. The van der Waals surface area contributed by atoms with Gasteiger partial charge in [0.05, 0.1) is 0 Å². The minimum atomic E-state index is -3.53. The van der Waals surface area contributed by atoms with E-state index in [1.54, 1.807) is 6.07 Å². The van der Waals surface area contributed by atoms with Crippen LogP contribution in [0.3, 0.4) is 0 Å². The second kappa shape index (κ2) is 4.84. The maximum absolute atomic E-state index is 12.4. The molecule has 0 bridgehead atoms. The third kappa shape index (κ3) is 2.48. The highest BCUT2D eigenvalue weighted by Crippen LogP contribution is 2.54. The van der Waals surface area contributed by atoms with Gasteiger partial charge < -0.3 is 9.52 Å². The van der Waals surface area contributed by atoms with Crippen LogP contribution < -0.4 is 0 Å². The summed E-state index contributed by atoms with van der Waals surface area (Å²) in [4.78, 5) is 10.6. The van der Waals surface area contributed by atoms with Gasteiger partial charge in [0.1, 0.15) is 5.76 Å². The number of sulfonamides is 1. The Labute approximate surface area is 123 Å². The first kappa shape index (κ1) is 14.6. The molecule has 1 saturated heterocycles. The van der Waals surface area contributed by atoms with Gasteiger partial charge in [0.2, 0.25) is 5.09 Å². The molecule has 1 spiro atoms. The Morgan fingerprint density at radius 2 is 2.10 bits per heavy atom. The van der Waals surface area contributed by atoms with E-state index in [0.717, 1.165) is 12.8 Å². The molecule has 0 radical (unpaired) electrons. The van der Waals surface area contributed by atoms with Crippen molar-refractivity contribution in [3.63, 3.8) is 0 Å². The van der Waals surface area contributed by atoms with Crippen LogP contribution in [0, 0.1) is 11.3 Å².